The predicted octanol–water partition coefficient (Wildman–Crippen LogP) is 2.33. The summed E-state index contributed by atoms with van der Waals surface area (Å²) in [6.45, 7) is 4.32. The van der Waals surface area contributed by atoms with Crippen molar-refractivity contribution in [1.29, 1.82) is 0 Å². The van der Waals surface area contributed by atoms with E-state index in [9.17, 15) is 14.4 Å². The van der Waals surface area contributed by atoms with E-state index in [4.69, 9.17) is 5.11 Å². The van der Waals surface area contributed by atoms with Crippen molar-refractivity contribution in [2.75, 3.05) is 11.9 Å². The number of carboxylic acid groups (broad SMARTS) is 1. The molecule has 0 atom stereocenters. The van der Waals surface area contributed by atoms with Crippen LogP contribution in [-0.4, -0.2) is 29.4 Å². The van der Waals surface area contributed by atoms with Crippen LogP contribution in [0.1, 0.15) is 48.5 Å². The zero-order valence-corrected chi connectivity index (χ0v) is 12.9. The highest BCUT2D eigenvalue weighted by Gasteiger charge is 2.10. The monoisotopic (exact) mass is 306 g/mol. The van der Waals surface area contributed by atoms with Gasteiger partial charge in [0.15, 0.2) is 0 Å². The molecule has 0 heterocycles. The molecule has 2 amide bonds. The molecule has 6 nitrogen and oxygen atoms in total. The minimum absolute atomic E-state index is 0.0573. The number of aromatic carboxylic acids is 1. The number of benzene rings is 1. The average Bonchev–Trinajstić information content (AvgIpc) is 2.46. The number of anilines is 1. The van der Waals surface area contributed by atoms with Crippen LogP contribution in [0.15, 0.2) is 18.2 Å². The minimum Gasteiger partial charge on any atom is -0.478 e. The van der Waals surface area contributed by atoms with Crippen LogP contribution in [-0.2, 0) is 9.59 Å². The van der Waals surface area contributed by atoms with E-state index >= 15 is 0 Å². The molecule has 1 aromatic rings. The first-order chi connectivity index (χ1) is 10.4. The molecule has 0 aliphatic heterocycles. The highest BCUT2D eigenvalue weighted by Crippen LogP contribution is 2.15. The van der Waals surface area contributed by atoms with Gasteiger partial charge in [0, 0.05) is 25.1 Å². The van der Waals surface area contributed by atoms with E-state index in [-0.39, 0.29) is 23.8 Å². The first-order valence-corrected chi connectivity index (χ1v) is 7.34. The fourth-order valence-electron chi connectivity index (χ4n) is 1.92. The lowest BCUT2D eigenvalue weighted by molar-refractivity contribution is -0.121. The topological polar surface area (TPSA) is 95.5 Å². The van der Waals surface area contributed by atoms with Crippen molar-refractivity contribution in [2.24, 2.45) is 0 Å². The zero-order chi connectivity index (χ0) is 16.5. The molecule has 120 valence electrons. The molecule has 0 aliphatic rings. The molecule has 3 N–H and O–H groups in total. The third-order valence-corrected chi connectivity index (χ3v) is 3.13. The molecule has 0 unspecified atom stereocenters. The van der Waals surface area contributed by atoms with Crippen molar-refractivity contribution in [3.63, 3.8) is 0 Å². The van der Waals surface area contributed by atoms with Crippen molar-refractivity contribution < 1.29 is 19.5 Å². The third-order valence-electron chi connectivity index (χ3n) is 3.13. The molecule has 0 aromatic heterocycles. The summed E-state index contributed by atoms with van der Waals surface area (Å²) in [5.41, 5.74) is 1.25. The van der Waals surface area contributed by atoms with Crippen molar-refractivity contribution in [1.82, 2.24) is 5.32 Å². The van der Waals surface area contributed by atoms with E-state index in [1.807, 2.05) is 6.92 Å². The molecule has 1 rings (SSSR count). The SMILES string of the molecule is CCCNC(=O)CCCC(=O)Nc1ccc(C)c(C(=O)O)c1. The molecule has 0 aliphatic carbocycles. The van der Waals surface area contributed by atoms with Gasteiger partial charge in [-0.15, -0.1) is 0 Å². The summed E-state index contributed by atoms with van der Waals surface area (Å²) in [4.78, 5) is 34.2. The first kappa shape index (κ1) is 17.7. The Kier molecular flexibility index (Phi) is 7.08. The number of rotatable bonds is 8. The smallest absolute Gasteiger partial charge is 0.336 e. The molecule has 0 spiro atoms. The van der Waals surface area contributed by atoms with Gasteiger partial charge in [0.05, 0.1) is 5.56 Å². The number of carbonyl (C=O) groups excluding carboxylic acids is 2. The Bertz CT molecular complexity index is 555. The highest BCUT2D eigenvalue weighted by atomic mass is 16.4. The van der Waals surface area contributed by atoms with E-state index < -0.39 is 5.97 Å². The van der Waals surface area contributed by atoms with E-state index in [1.165, 1.54) is 6.07 Å². The maximum absolute atomic E-state index is 11.8. The summed E-state index contributed by atoms with van der Waals surface area (Å²) >= 11 is 0. The van der Waals surface area contributed by atoms with Crippen LogP contribution in [0.25, 0.3) is 0 Å². The summed E-state index contributed by atoms with van der Waals surface area (Å²) in [7, 11) is 0. The molecular formula is C16H22N2O4. The van der Waals surface area contributed by atoms with E-state index in [1.54, 1.807) is 19.1 Å². The Hall–Kier alpha value is -2.37. The maximum atomic E-state index is 11.8. The second kappa shape index (κ2) is 8.81. The second-order valence-electron chi connectivity index (χ2n) is 5.09. The Balaban J connectivity index is 2.44. The maximum Gasteiger partial charge on any atom is 0.336 e. The van der Waals surface area contributed by atoms with Crippen LogP contribution < -0.4 is 10.6 Å². The lowest BCUT2D eigenvalue weighted by Gasteiger charge is -2.08. The van der Waals surface area contributed by atoms with Gasteiger partial charge in [0.1, 0.15) is 0 Å². The Labute approximate surface area is 129 Å². The van der Waals surface area contributed by atoms with Crippen LogP contribution in [0.3, 0.4) is 0 Å². The summed E-state index contributed by atoms with van der Waals surface area (Å²) in [5.74, 6) is -1.32. The number of hydrogen-bond donors (Lipinski definition) is 3. The molecule has 0 fully saturated rings. The summed E-state index contributed by atoms with van der Waals surface area (Å²) in [6.07, 6.45) is 1.86. The van der Waals surface area contributed by atoms with Gasteiger partial charge in [-0.3, -0.25) is 9.59 Å². The lowest BCUT2D eigenvalue weighted by Crippen LogP contribution is -2.24. The summed E-state index contributed by atoms with van der Waals surface area (Å²) in [5, 5.41) is 14.4. The van der Waals surface area contributed by atoms with Crippen molar-refractivity contribution in [2.45, 2.75) is 39.5 Å². The van der Waals surface area contributed by atoms with Gasteiger partial charge in [-0.2, -0.15) is 0 Å². The largest absolute Gasteiger partial charge is 0.478 e. The van der Waals surface area contributed by atoms with Gasteiger partial charge in [-0.05, 0) is 37.5 Å². The van der Waals surface area contributed by atoms with Crippen molar-refractivity contribution in [3.8, 4) is 0 Å². The Morgan fingerprint density at radius 2 is 1.82 bits per heavy atom. The van der Waals surface area contributed by atoms with Crippen LogP contribution >= 0.6 is 0 Å². The lowest BCUT2D eigenvalue weighted by atomic mass is 10.1. The van der Waals surface area contributed by atoms with E-state index in [2.05, 4.69) is 10.6 Å². The van der Waals surface area contributed by atoms with Crippen molar-refractivity contribution >= 4 is 23.5 Å². The van der Waals surface area contributed by atoms with Crippen LogP contribution in [0.5, 0.6) is 0 Å². The number of carboxylic acids is 1. The molecule has 6 heteroatoms. The predicted molar refractivity (Wildman–Crippen MR) is 83.9 cm³/mol. The van der Waals surface area contributed by atoms with E-state index in [0.717, 1.165) is 6.42 Å². The third kappa shape index (κ3) is 5.95. The molecule has 0 saturated heterocycles. The Morgan fingerprint density at radius 3 is 2.45 bits per heavy atom. The average molecular weight is 306 g/mol. The number of hydrogen-bond acceptors (Lipinski definition) is 3. The van der Waals surface area contributed by atoms with Gasteiger partial charge in [-0.1, -0.05) is 13.0 Å². The first-order valence-electron chi connectivity index (χ1n) is 7.34. The van der Waals surface area contributed by atoms with Crippen molar-refractivity contribution in [3.05, 3.63) is 29.3 Å². The second-order valence-corrected chi connectivity index (χ2v) is 5.09. The van der Waals surface area contributed by atoms with Gasteiger partial charge >= 0.3 is 5.97 Å². The standard InChI is InChI=1S/C16H22N2O4/c1-3-9-17-14(19)5-4-6-15(20)18-12-8-7-11(2)13(10-12)16(21)22/h7-8,10H,3-6,9H2,1-2H3,(H,17,19)(H,18,20)(H,21,22). The molecule has 1 aromatic carbocycles. The van der Waals surface area contributed by atoms with Gasteiger partial charge in [-0.25, -0.2) is 4.79 Å². The summed E-state index contributed by atoms with van der Waals surface area (Å²) in [6, 6.07) is 4.74. The molecule has 22 heavy (non-hydrogen) atoms. The van der Waals surface area contributed by atoms with Crippen LogP contribution in [0.2, 0.25) is 0 Å². The molecule has 0 saturated carbocycles. The van der Waals surface area contributed by atoms with Gasteiger partial charge in [0.25, 0.3) is 0 Å². The fourth-order valence-corrected chi connectivity index (χ4v) is 1.92. The van der Waals surface area contributed by atoms with Crippen LogP contribution in [0.4, 0.5) is 5.69 Å². The zero-order valence-electron chi connectivity index (χ0n) is 12.9. The number of amides is 2. The normalized spacial score (nSPS) is 10.1. The quantitative estimate of drug-likeness (QED) is 0.687. The Morgan fingerprint density at radius 1 is 1.14 bits per heavy atom. The molecular weight excluding hydrogens is 284 g/mol. The van der Waals surface area contributed by atoms with Crippen LogP contribution in [0, 0.1) is 6.92 Å². The fraction of sp³-hybridized carbons (Fsp3) is 0.438. The minimum atomic E-state index is -1.03. The molecule has 0 bridgehead atoms. The number of carbonyl (C=O) groups is 3. The summed E-state index contributed by atoms with van der Waals surface area (Å²) < 4.78 is 0. The highest BCUT2D eigenvalue weighted by molar-refractivity contribution is 5.94. The van der Waals surface area contributed by atoms with Gasteiger partial charge in [0.2, 0.25) is 11.8 Å². The van der Waals surface area contributed by atoms with E-state index in [0.29, 0.717) is 30.6 Å². The number of aryl methyl sites for hydroxylation is 1. The van der Waals surface area contributed by atoms with Gasteiger partial charge < -0.3 is 15.7 Å². The molecule has 0 radical (unpaired) electrons. The number of nitrogens with one attached hydrogen (secondary N) is 2.